The van der Waals surface area contributed by atoms with Gasteiger partial charge in [0.1, 0.15) is 5.75 Å². The Labute approximate surface area is 132 Å². The van der Waals surface area contributed by atoms with Gasteiger partial charge in [-0.05, 0) is 17.7 Å². The summed E-state index contributed by atoms with van der Waals surface area (Å²) in [5, 5.41) is 12.0. The van der Waals surface area contributed by atoms with E-state index in [-0.39, 0.29) is 11.6 Å². The van der Waals surface area contributed by atoms with Crippen molar-refractivity contribution in [3.63, 3.8) is 0 Å². The molecule has 0 spiro atoms. The largest absolute Gasteiger partial charge is 0.495 e. The van der Waals surface area contributed by atoms with Gasteiger partial charge in [-0.1, -0.05) is 17.7 Å². The first-order valence-corrected chi connectivity index (χ1v) is 6.96. The molecule has 1 aliphatic heterocycles. The number of hydrogen-bond donors (Lipinski definition) is 2. The van der Waals surface area contributed by atoms with E-state index in [4.69, 9.17) is 25.8 Å². The predicted molar refractivity (Wildman–Crippen MR) is 77.1 cm³/mol. The Balaban J connectivity index is 2.14. The van der Waals surface area contributed by atoms with E-state index in [1.165, 1.54) is 19.2 Å². The molecule has 0 unspecified atom stereocenters. The molecule has 0 aromatic heterocycles. The summed E-state index contributed by atoms with van der Waals surface area (Å²) >= 11 is 5.99. The fourth-order valence-corrected chi connectivity index (χ4v) is 2.29. The summed E-state index contributed by atoms with van der Waals surface area (Å²) in [6.07, 6.45) is -0.815. The highest BCUT2D eigenvalue weighted by Crippen LogP contribution is 2.27. The van der Waals surface area contributed by atoms with Crippen LogP contribution in [0.4, 0.5) is 0 Å². The van der Waals surface area contributed by atoms with Crippen LogP contribution >= 0.6 is 11.6 Å². The second-order valence-electron chi connectivity index (χ2n) is 4.61. The van der Waals surface area contributed by atoms with Gasteiger partial charge in [-0.15, -0.1) is 0 Å². The number of rotatable bonds is 5. The summed E-state index contributed by atoms with van der Waals surface area (Å²) in [7, 11) is 1.46. The van der Waals surface area contributed by atoms with Crippen LogP contribution in [-0.2, 0) is 19.1 Å². The number of hydrogen-bond acceptors (Lipinski definition) is 5. The van der Waals surface area contributed by atoms with Gasteiger partial charge >= 0.3 is 5.97 Å². The van der Waals surface area contributed by atoms with Crippen LogP contribution in [0, 0.1) is 0 Å². The Morgan fingerprint density at radius 1 is 1.45 bits per heavy atom. The summed E-state index contributed by atoms with van der Waals surface area (Å²) in [5.41, 5.74) is 0.336. The van der Waals surface area contributed by atoms with Gasteiger partial charge in [0.15, 0.2) is 12.1 Å². The number of nitrogens with one attached hydrogen (secondary N) is 1. The Hall–Kier alpha value is -1.83. The highest BCUT2D eigenvalue weighted by atomic mass is 35.5. The summed E-state index contributed by atoms with van der Waals surface area (Å²) in [6.45, 7) is 0.811. The molecule has 1 fully saturated rings. The zero-order valence-corrected chi connectivity index (χ0v) is 12.6. The van der Waals surface area contributed by atoms with Gasteiger partial charge in [0.2, 0.25) is 0 Å². The van der Waals surface area contributed by atoms with Crippen LogP contribution in [0.25, 0.3) is 0 Å². The van der Waals surface area contributed by atoms with Crippen molar-refractivity contribution in [2.45, 2.75) is 12.1 Å². The van der Waals surface area contributed by atoms with Crippen LogP contribution in [-0.4, -0.2) is 50.0 Å². The third-order valence-corrected chi connectivity index (χ3v) is 3.45. The number of halogens is 1. The van der Waals surface area contributed by atoms with Crippen molar-refractivity contribution in [1.82, 2.24) is 5.32 Å². The van der Waals surface area contributed by atoms with E-state index in [1.807, 2.05) is 0 Å². The normalized spacial score (nSPS) is 19.3. The van der Waals surface area contributed by atoms with Crippen LogP contribution in [0.2, 0.25) is 5.02 Å². The molecule has 1 aromatic carbocycles. The summed E-state index contributed by atoms with van der Waals surface area (Å²) in [4.78, 5) is 23.5. The lowest BCUT2D eigenvalue weighted by atomic mass is 10.1. The summed E-state index contributed by atoms with van der Waals surface area (Å²) < 4.78 is 15.4. The molecule has 0 radical (unpaired) electrons. The first-order chi connectivity index (χ1) is 10.5. The van der Waals surface area contributed by atoms with Gasteiger partial charge in [-0.2, -0.15) is 0 Å². The van der Waals surface area contributed by atoms with Crippen LogP contribution in [0.5, 0.6) is 5.75 Å². The van der Waals surface area contributed by atoms with Gasteiger partial charge < -0.3 is 24.6 Å². The predicted octanol–water partition coefficient (Wildman–Crippen LogP) is 1.01. The van der Waals surface area contributed by atoms with E-state index in [0.29, 0.717) is 24.5 Å². The molecule has 22 heavy (non-hydrogen) atoms. The molecule has 2 rings (SSSR count). The van der Waals surface area contributed by atoms with E-state index in [2.05, 4.69) is 5.32 Å². The lowest BCUT2D eigenvalue weighted by molar-refractivity contribution is -0.152. The van der Waals surface area contributed by atoms with Crippen LogP contribution in [0.3, 0.4) is 0 Å². The number of benzene rings is 1. The van der Waals surface area contributed by atoms with Crippen molar-refractivity contribution in [2.75, 3.05) is 26.9 Å². The first kappa shape index (κ1) is 16.5. The second kappa shape index (κ2) is 7.44. The number of aliphatic carboxylic acids is 1. The van der Waals surface area contributed by atoms with E-state index in [9.17, 15) is 14.7 Å². The van der Waals surface area contributed by atoms with Crippen molar-refractivity contribution in [3.8, 4) is 5.75 Å². The molecule has 0 bridgehead atoms. The van der Waals surface area contributed by atoms with E-state index >= 15 is 0 Å². The molecular formula is C14H16ClNO6. The Bertz CT molecular complexity index is 558. The molecule has 1 aliphatic rings. The molecule has 0 aliphatic carbocycles. The topological polar surface area (TPSA) is 94.1 Å². The maximum Gasteiger partial charge on any atom is 0.330 e. The van der Waals surface area contributed by atoms with Gasteiger partial charge in [0.05, 0.1) is 32.0 Å². The molecule has 7 nitrogen and oxygen atoms in total. The van der Waals surface area contributed by atoms with Crippen LogP contribution in [0.15, 0.2) is 18.2 Å². The minimum absolute atomic E-state index is 0.0988. The fourth-order valence-electron chi connectivity index (χ4n) is 2.02. The van der Waals surface area contributed by atoms with Gasteiger partial charge in [0.25, 0.3) is 5.91 Å². The SMILES string of the molecule is COc1ccc([C@H](NC(=O)[C@@H]2COCCO2)C(=O)O)cc1Cl. The molecule has 8 heteroatoms. The smallest absolute Gasteiger partial charge is 0.330 e. The lowest BCUT2D eigenvalue weighted by Gasteiger charge is -2.24. The van der Waals surface area contributed by atoms with E-state index in [1.54, 1.807) is 6.07 Å². The van der Waals surface area contributed by atoms with Crippen molar-refractivity contribution in [2.24, 2.45) is 0 Å². The van der Waals surface area contributed by atoms with Gasteiger partial charge in [-0.3, -0.25) is 4.79 Å². The Morgan fingerprint density at radius 2 is 2.23 bits per heavy atom. The maximum atomic E-state index is 12.1. The lowest BCUT2D eigenvalue weighted by Crippen LogP contribution is -2.45. The summed E-state index contributed by atoms with van der Waals surface area (Å²) in [6, 6.07) is 3.28. The molecule has 120 valence electrons. The number of carbonyl (C=O) groups is 2. The third-order valence-electron chi connectivity index (χ3n) is 3.15. The average molecular weight is 330 g/mol. The maximum absolute atomic E-state index is 12.1. The van der Waals surface area contributed by atoms with E-state index in [0.717, 1.165) is 0 Å². The number of methoxy groups -OCH3 is 1. The molecule has 1 amide bonds. The summed E-state index contributed by atoms with van der Waals surface area (Å²) in [5.74, 6) is -1.32. The van der Waals surface area contributed by atoms with Gasteiger partial charge in [-0.25, -0.2) is 4.79 Å². The molecule has 2 N–H and O–H groups in total. The van der Waals surface area contributed by atoms with E-state index < -0.39 is 24.0 Å². The highest BCUT2D eigenvalue weighted by Gasteiger charge is 2.29. The average Bonchev–Trinajstić information content (AvgIpc) is 2.52. The quantitative estimate of drug-likeness (QED) is 0.837. The van der Waals surface area contributed by atoms with Gasteiger partial charge in [0, 0.05) is 0 Å². The number of amides is 1. The standard InChI is InChI=1S/C14H16ClNO6/c1-20-10-3-2-8(6-9(10)15)12(14(18)19)16-13(17)11-7-21-4-5-22-11/h2-3,6,11-12H,4-5,7H2,1H3,(H,16,17)(H,18,19)/t11-,12-/m0/s1. The zero-order valence-electron chi connectivity index (χ0n) is 11.9. The molecule has 0 saturated carbocycles. The Kier molecular flexibility index (Phi) is 5.59. The number of carboxylic acid groups (broad SMARTS) is 1. The molecule has 1 heterocycles. The highest BCUT2D eigenvalue weighted by molar-refractivity contribution is 6.32. The minimum Gasteiger partial charge on any atom is -0.495 e. The van der Waals surface area contributed by atoms with Crippen molar-refractivity contribution in [1.29, 1.82) is 0 Å². The van der Waals surface area contributed by atoms with Crippen LogP contribution in [0.1, 0.15) is 11.6 Å². The second-order valence-corrected chi connectivity index (χ2v) is 5.02. The number of carbonyl (C=O) groups excluding carboxylic acids is 1. The third kappa shape index (κ3) is 3.88. The first-order valence-electron chi connectivity index (χ1n) is 6.59. The number of carboxylic acids is 1. The van der Waals surface area contributed by atoms with Crippen molar-refractivity contribution >= 4 is 23.5 Å². The van der Waals surface area contributed by atoms with Crippen molar-refractivity contribution in [3.05, 3.63) is 28.8 Å². The van der Waals surface area contributed by atoms with Crippen LogP contribution < -0.4 is 10.1 Å². The molecular weight excluding hydrogens is 314 g/mol. The fraction of sp³-hybridized carbons (Fsp3) is 0.429. The monoisotopic (exact) mass is 329 g/mol. The van der Waals surface area contributed by atoms with Crippen molar-refractivity contribution < 1.29 is 28.9 Å². The Morgan fingerprint density at radius 3 is 2.77 bits per heavy atom. The molecule has 1 aromatic rings. The molecule has 1 saturated heterocycles. The number of ether oxygens (including phenoxy) is 3. The minimum atomic E-state index is -1.23. The zero-order chi connectivity index (χ0) is 16.1. The molecule has 2 atom stereocenters.